The van der Waals surface area contributed by atoms with E-state index >= 15 is 0 Å². The van der Waals surface area contributed by atoms with E-state index in [1.54, 1.807) is 0 Å². The Morgan fingerprint density at radius 3 is 2.48 bits per heavy atom. The van der Waals surface area contributed by atoms with Crippen LogP contribution in [0.5, 0.6) is 0 Å². The number of nitrogens with one attached hydrogen (secondary N) is 2. The van der Waals surface area contributed by atoms with Gasteiger partial charge in [0.1, 0.15) is 0 Å². The van der Waals surface area contributed by atoms with Gasteiger partial charge in [0.05, 0.1) is 13.1 Å². The Balaban J connectivity index is 2.64. The fourth-order valence-electron chi connectivity index (χ4n) is 2.33. The van der Waals surface area contributed by atoms with Gasteiger partial charge in [0.15, 0.2) is 0 Å². The smallest absolute Gasteiger partial charge is 0.234 e. The lowest BCUT2D eigenvalue weighted by molar-refractivity contribution is -0.120. The molecule has 1 unspecified atom stereocenters. The molecule has 0 radical (unpaired) electrons. The van der Waals surface area contributed by atoms with Gasteiger partial charge in [0.2, 0.25) is 5.91 Å². The average molecular weight is 286 g/mol. The topological polar surface area (TPSA) is 41.1 Å². The highest BCUT2D eigenvalue weighted by molar-refractivity contribution is 5.78. The predicted octanol–water partition coefficient (Wildman–Crippen LogP) is 2.68. The molecule has 1 aromatic carbocycles. The van der Waals surface area contributed by atoms with Crippen molar-refractivity contribution in [2.24, 2.45) is 5.92 Å². The van der Waals surface area contributed by atoms with Gasteiger partial charge in [0.25, 0.3) is 0 Å². The Hall–Kier alpha value is -1.79. The molecule has 0 saturated carbocycles. The van der Waals surface area contributed by atoms with Crippen LogP contribution in [0.4, 0.5) is 0 Å². The molecule has 21 heavy (non-hydrogen) atoms. The zero-order valence-corrected chi connectivity index (χ0v) is 13.3. The van der Waals surface area contributed by atoms with Crippen LogP contribution in [0.1, 0.15) is 44.4 Å². The fraction of sp³-hybridized carbons (Fsp3) is 0.500. The van der Waals surface area contributed by atoms with Crippen LogP contribution in [0.2, 0.25) is 0 Å². The van der Waals surface area contributed by atoms with Gasteiger partial charge in [-0.25, -0.2) is 0 Å². The average Bonchev–Trinajstić information content (AvgIpc) is 2.47. The summed E-state index contributed by atoms with van der Waals surface area (Å²) in [7, 11) is 0. The monoisotopic (exact) mass is 286 g/mol. The van der Waals surface area contributed by atoms with Gasteiger partial charge >= 0.3 is 0 Å². The zero-order valence-electron chi connectivity index (χ0n) is 13.3. The molecular formula is C18H26N2O. The van der Waals surface area contributed by atoms with Crippen molar-refractivity contribution in [3.8, 4) is 12.3 Å². The molecule has 0 aliphatic heterocycles. The first-order valence-electron chi connectivity index (χ1n) is 7.60. The molecule has 114 valence electrons. The normalized spacial score (nSPS) is 12.0. The number of rotatable bonds is 8. The van der Waals surface area contributed by atoms with Crippen molar-refractivity contribution >= 4 is 5.91 Å². The van der Waals surface area contributed by atoms with E-state index in [-0.39, 0.29) is 25.0 Å². The molecule has 3 nitrogen and oxygen atoms in total. The van der Waals surface area contributed by atoms with E-state index in [0.717, 1.165) is 12.8 Å². The van der Waals surface area contributed by atoms with Crippen LogP contribution in [-0.4, -0.2) is 19.0 Å². The maximum atomic E-state index is 11.6. The molecule has 0 spiro atoms. The quantitative estimate of drug-likeness (QED) is 0.721. The van der Waals surface area contributed by atoms with Crippen molar-refractivity contribution in [2.75, 3.05) is 13.1 Å². The molecule has 2 N–H and O–H groups in total. The Morgan fingerprint density at radius 1 is 1.29 bits per heavy atom. The Labute approximate surface area is 128 Å². The summed E-state index contributed by atoms with van der Waals surface area (Å²) in [6, 6.07) is 8.82. The maximum absolute atomic E-state index is 11.6. The second kappa shape index (κ2) is 9.20. The van der Waals surface area contributed by atoms with E-state index in [9.17, 15) is 4.79 Å². The predicted molar refractivity (Wildman–Crippen MR) is 87.9 cm³/mol. The van der Waals surface area contributed by atoms with E-state index in [0.29, 0.717) is 5.92 Å². The number of hydrogen-bond acceptors (Lipinski definition) is 2. The highest BCUT2D eigenvalue weighted by atomic mass is 16.1. The highest BCUT2D eigenvalue weighted by Gasteiger charge is 2.16. The van der Waals surface area contributed by atoms with Crippen LogP contribution in [0, 0.1) is 18.3 Å². The summed E-state index contributed by atoms with van der Waals surface area (Å²) in [5, 5.41) is 5.98. The van der Waals surface area contributed by atoms with E-state index in [4.69, 9.17) is 6.42 Å². The molecule has 0 aliphatic carbocycles. The molecule has 3 heteroatoms. The zero-order chi connectivity index (χ0) is 15.7. The van der Waals surface area contributed by atoms with Gasteiger partial charge in [0, 0.05) is 6.04 Å². The van der Waals surface area contributed by atoms with Gasteiger partial charge in [-0.05, 0) is 23.5 Å². The van der Waals surface area contributed by atoms with Crippen molar-refractivity contribution in [2.45, 2.75) is 39.7 Å². The molecule has 0 saturated heterocycles. The Morgan fingerprint density at radius 2 is 1.95 bits per heavy atom. The van der Waals surface area contributed by atoms with Crippen molar-refractivity contribution in [1.82, 2.24) is 10.6 Å². The fourth-order valence-corrected chi connectivity index (χ4v) is 2.33. The lowest BCUT2D eigenvalue weighted by Crippen LogP contribution is -2.37. The number of carbonyl (C=O) groups excluding carboxylic acids is 1. The Bertz CT molecular complexity index is 471. The molecule has 1 amide bonds. The summed E-state index contributed by atoms with van der Waals surface area (Å²) in [4.78, 5) is 11.6. The summed E-state index contributed by atoms with van der Waals surface area (Å²) in [5.41, 5.74) is 2.57. The van der Waals surface area contributed by atoms with Crippen molar-refractivity contribution in [3.63, 3.8) is 0 Å². The minimum Gasteiger partial charge on any atom is -0.344 e. The van der Waals surface area contributed by atoms with Crippen LogP contribution in [0.25, 0.3) is 0 Å². The SMILES string of the molecule is C#CCNC(=O)CNC(c1ccc(CCC)cc1)C(C)C. The molecule has 0 heterocycles. The number of hydrogen-bond donors (Lipinski definition) is 2. The second-order valence-electron chi connectivity index (χ2n) is 5.58. The standard InChI is InChI=1S/C18H26N2O/c1-5-7-15-8-10-16(11-9-15)18(14(3)4)20-13-17(21)19-12-6-2/h2,8-11,14,18,20H,5,7,12-13H2,1,3-4H3,(H,19,21). The molecule has 0 aliphatic rings. The summed E-state index contributed by atoms with van der Waals surface area (Å²) in [5.74, 6) is 2.74. The summed E-state index contributed by atoms with van der Waals surface area (Å²) >= 11 is 0. The molecular weight excluding hydrogens is 260 g/mol. The van der Waals surface area contributed by atoms with E-state index in [1.807, 2.05) is 0 Å². The third-order valence-electron chi connectivity index (χ3n) is 3.41. The van der Waals surface area contributed by atoms with E-state index in [1.165, 1.54) is 11.1 Å². The van der Waals surface area contributed by atoms with Gasteiger partial charge in [-0.3, -0.25) is 4.79 Å². The van der Waals surface area contributed by atoms with Gasteiger partial charge in [-0.1, -0.05) is 57.4 Å². The number of benzene rings is 1. The summed E-state index contributed by atoms with van der Waals surface area (Å²) in [6.45, 7) is 7.04. The van der Waals surface area contributed by atoms with E-state index < -0.39 is 0 Å². The third kappa shape index (κ3) is 6.01. The first-order chi connectivity index (χ1) is 10.1. The molecule has 1 aromatic rings. The minimum atomic E-state index is -0.0683. The molecule has 0 aromatic heterocycles. The van der Waals surface area contributed by atoms with Gasteiger partial charge in [-0.15, -0.1) is 6.42 Å². The van der Waals surface area contributed by atoms with Crippen LogP contribution >= 0.6 is 0 Å². The maximum Gasteiger partial charge on any atom is 0.234 e. The number of terminal acetylenes is 1. The summed E-state index contributed by atoms with van der Waals surface area (Å²) in [6.07, 6.45) is 7.38. The minimum absolute atomic E-state index is 0.0683. The highest BCUT2D eigenvalue weighted by Crippen LogP contribution is 2.22. The molecule has 0 fully saturated rings. The summed E-state index contributed by atoms with van der Waals surface area (Å²) < 4.78 is 0. The van der Waals surface area contributed by atoms with Crippen LogP contribution < -0.4 is 10.6 Å². The van der Waals surface area contributed by atoms with Gasteiger partial charge < -0.3 is 10.6 Å². The lowest BCUT2D eigenvalue weighted by Gasteiger charge is -2.23. The second-order valence-corrected chi connectivity index (χ2v) is 5.58. The first-order valence-corrected chi connectivity index (χ1v) is 7.60. The van der Waals surface area contributed by atoms with Crippen molar-refractivity contribution in [1.29, 1.82) is 0 Å². The Kier molecular flexibility index (Phi) is 7.56. The lowest BCUT2D eigenvalue weighted by atomic mass is 9.94. The first kappa shape index (κ1) is 17.3. The number of carbonyl (C=O) groups is 1. The van der Waals surface area contributed by atoms with Crippen LogP contribution in [0.15, 0.2) is 24.3 Å². The van der Waals surface area contributed by atoms with Crippen LogP contribution in [-0.2, 0) is 11.2 Å². The largest absolute Gasteiger partial charge is 0.344 e. The molecule has 0 bridgehead atoms. The molecule has 1 atom stereocenters. The number of aryl methyl sites for hydroxylation is 1. The van der Waals surface area contributed by atoms with Crippen molar-refractivity contribution in [3.05, 3.63) is 35.4 Å². The van der Waals surface area contributed by atoms with Crippen molar-refractivity contribution < 1.29 is 4.79 Å². The third-order valence-corrected chi connectivity index (χ3v) is 3.41. The van der Waals surface area contributed by atoms with Gasteiger partial charge in [-0.2, -0.15) is 0 Å². The van der Waals surface area contributed by atoms with E-state index in [2.05, 4.69) is 61.6 Å². The molecule has 1 rings (SSSR count). The van der Waals surface area contributed by atoms with Crippen LogP contribution in [0.3, 0.4) is 0 Å². The number of amides is 1.